The second kappa shape index (κ2) is 5.42. The van der Waals surface area contributed by atoms with Gasteiger partial charge in [-0.15, -0.1) is 11.3 Å². The number of fused-ring (bicyclic) bond motifs is 1. The van der Waals surface area contributed by atoms with E-state index in [0.717, 1.165) is 10.2 Å². The quantitative estimate of drug-likeness (QED) is 0.673. The lowest BCUT2D eigenvalue weighted by atomic mass is 10.1. The van der Waals surface area contributed by atoms with Crippen molar-refractivity contribution in [2.45, 2.75) is 0 Å². The van der Waals surface area contributed by atoms with Gasteiger partial charge < -0.3 is 11.1 Å². The third-order valence-electron chi connectivity index (χ3n) is 2.92. The molecule has 0 fully saturated rings. The molecule has 0 saturated heterocycles. The number of hydrogen-bond acceptors (Lipinski definition) is 4. The Labute approximate surface area is 131 Å². The fourth-order valence-electron chi connectivity index (χ4n) is 1.87. The summed E-state index contributed by atoms with van der Waals surface area (Å²) >= 11 is 4.66. The van der Waals surface area contributed by atoms with Gasteiger partial charge in [-0.2, -0.15) is 0 Å². The summed E-state index contributed by atoms with van der Waals surface area (Å²) < 4.78 is 14.6. The Morgan fingerprint density at radius 2 is 2.14 bits per heavy atom. The highest BCUT2D eigenvalue weighted by Crippen LogP contribution is 2.25. The molecule has 3 N–H and O–H groups in total. The van der Waals surface area contributed by atoms with Crippen LogP contribution < -0.4 is 11.1 Å². The lowest BCUT2D eigenvalue weighted by Crippen LogP contribution is -2.13. The molecule has 4 nitrogen and oxygen atoms in total. The van der Waals surface area contributed by atoms with Gasteiger partial charge in [0.05, 0.1) is 27.0 Å². The normalized spacial score (nSPS) is 10.8. The summed E-state index contributed by atoms with van der Waals surface area (Å²) in [5.74, 6) is -0.929. The van der Waals surface area contributed by atoms with Gasteiger partial charge >= 0.3 is 0 Å². The van der Waals surface area contributed by atoms with Crippen molar-refractivity contribution in [1.82, 2.24) is 4.98 Å². The SMILES string of the molecule is Nc1cc(C(=O)Nc2ccc3ncsc3c2)c(Br)cc1F. The molecule has 3 rings (SSSR count). The predicted octanol–water partition coefficient (Wildman–Crippen LogP) is 4.03. The van der Waals surface area contributed by atoms with Gasteiger partial charge in [0.1, 0.15) is 5.82 Å². The van der Waals surface area contributed by atoms with Crippen molar-refractivity contribution >= 4 is 54.8 Å². The van der Waals surface area contributed by atoms with Crippen LogP contribution in [0.1, 0.15) is 10.4 Å². The molecular weight excluding hydrogens is 357 g/mol. The van der Waals surface area contributed by atoms with Crippen molar-refractivity contribution in [2.24, 2.45) is 0 Å². The summed E-state index contributed by atoms with van der Waals surface area (Å²) in [6.07, 6.45) is 0. The lowest BCUT2D eigenvalue weighted by Gasteiger charge is -2.08. The van der Waals surface area contributed by atoms with Crippen LogP contribution in [0.15, 0.2) is 40.3 Å². The van der Waals surface area contributed by atoms with Gasteiger partial charge in [0.15, 0.2) is 0 Å². The van der Waals surface area contributed by atoms with Crippen LogP contribution >= 0.6 is 27.3 Å². The molecule has 1 amide bonds. The maximum Gasteiger partial charge on any atom is 0.256 e. The summed E-state index contributed by atoms with van der Waals surface area (Å²) in [6, 6.07) is 7.92. The van der Waals surface area contributed by atoms with Crippen LogP contribution in [0, 0.1) is 5.82 Å². The summed E-state index contributed by atoms with van der Waals surface area (Å²) in [5, 5.41) is 2.76. The second-order valence-electron chi connectivity index (χ2n) is 4.34. The van der Waals surface area contributed by atoms with Crippen LogP contribution in [-0.4, -0.2) is 10.9 Å². The fraction of sp³-hybridized carbons (Fsp3) is 0. The number of carbonyl (C=O) groups excluding carboxylic acids is 1. The zero-order valence-corrected chi connectivity index (χ0v) is 13.0. The monoisotopic (exact) mass is 365 g/mol. The highest BCUT2D eigenvalue weighted by Gasteiger charge is 2.14. The lowest BCUT2D eigenvalue weighted by molar-refractivity contribution is 0.102. The van der Waals surface area contributed by atoms with Crippen molar-refractivity contribution in [3.8, 4) is 0 Å². The van der Waals surface area contributed by atoms with Crippen molar-refractivity contribution in [1.29, 1.82) is 0 Å². The Morgan fingerprint density at radius 1 is 1.33 bits per heavy atom. The highest BCUT2D eigenvalue weighted by molar-refractivity contribution is 9.10. The first-order valence-corrected chi connectivity index (χ1v) is 7.61. The minimum Gasteiger partial charge on any atom is -0.396 e. The van der Waals surface area contributed by atoms with Crippen molar-refractivity contribution in [3.05, 3.63) is 51.7 Å². The minimum absolute atomic E-state index is 0.0683. The van der Waals surface area contributed by atoms with E-state index >= 15 is 0 Å². The number of thiazole rings is 1. The molecule has 0 aliphatic carbocycles. The smallest absolute Gasteiger partial charge is 0.256 e. The summed E-state index contributed by atoms with van der Waals surface area (Å²) in [7, 11) is 0. The number of halogens is 2. The molecule has 0 saturated carbocycles. The Balaban J connectivity index is 1.90. The number of amides is 1. The maximum atomic E-state index is 13.3. The van der Waals surface area contributed by atoms with E-state index in [1.165, 1.54) is 23.5 Å². The van der Waals surface area contributed by atoms with E-state index < -0.39 is 5.82 Å². The van der Waals surface area contributed by atoms with Gasteiger partial charge in [-0.25, -0.2) is 9.37 Å². The number of nitrogens with zero attached hydrogens (tertiary/aromatic N) is 1. The number of benzene rings is 2. The van der Waals surface area contributed by atoms with E-state index in [1.807, 2.05) is 12.1 Å². The van der Waals surface area contributed by atoms with Crippen molar-refractivity contribution in [2.75, 3.05) is 11.1 Å². The highest BCUT2D eigenvalue weighted by atomic mass is 79.9. The molecule has 21 heavy (non-hydrogen) atoms. The van der Waals surface area contributed by atoms with E-state index in [4.69, 9.17) is 5.73 Å². The average molecular weight is 366 g/mol. The number of rotatable bonds is 2. The Morgan fingerprint density at radius 3 is 2.95 bits per heavy atom. The van der Waals surface area contributed by atoms with Gasteiger partial charge in [0.25, 0.3) is 5.91 Å². The van der Waals surface area contributed by atoms with Gasteiger partial charge in [-0.05, 0) is 46.3 Å². The minimum atomic E-state index is -0.565. The summed E-state index contributed by atoms with van der Waals surface area (Å²) in [4.78, 5) is 16.4. The molecule has 0 aliphatic rings. The zero-order valence-electron chi connectivity index (χ0n) is 10.6. The van der Waals surface area contributed by atoms with E-state index in [2.05, 4.69) is 26.2 Å². The fourth-order valence-corrected chi connectivity index (χ4v) is 3.08. The molecule has 106 valence electrons. The standard InChI is InChI=1S/C14H9BrFN3OS/c15-9-5-10(16)11(17)4-8(9)14(20)19-7-1-2-12-13(3-7)21-6-18-12/h1-6H,17H2,(H,19,20). The Kier molecular flexibility index (Phi) is 3.60. The first-order chi connectivity index (χ1) is 10.0. The topological polar surface area (TPSA) is 68.0 Å². The second-order valence-corrected chi connectivity index (χ2v) is 6.08. The van der Waals surface area contributed by atoms with Crippen molar-refractivity contribution < 1.29 is 9.18 Å². The molecule has 7 heteroatoms. The Bertz CT molecular complexity index is 849. The molecule has 1 aromatic heterocycles. The number of nitrogens with one attached hydrogen (secondary N) is 1. The summed E-state index contributed by atoms with van der Waals surface area (Å²) in [6.45, 7) is 0. The number of nitrogens with two attached hydrogens (primary N) is 1. The van der Waals surface area contributed by atoms with E-state index in [1.54, 1.807) is 11.6 Å². The van der Waals surface area contributed by atoms with Crippen LogP contribution in [0.25, 0.3) is 10.2 Å². The van der Waals surface area contributed by atoms with Gasteiger partial charge in [-0.3, -0.25) is 4.79 Å². The number of hydrogen-bond donors (Lipinski definition) is 2. The zero-order chi connectivity index (χ0) is 15.0. The maximum absolute atomic E-state index is 13.3. The van der Waals surface area contributed by atoms with E-state index in [-0.39, 0.29) is 17.2 Å². The molecule has 0 unspecified atom stereocenters. The molecule has 0 spiro atoms. The first kappa shape index (κ1) is 14.0. The van der Waals surface area contributed by atoms with Crippen LogP contribution in [0.5, 0.6) is 0 Å². The van der Waals surface area contributed by atoms with Gasteiger partial charge in [-0.1, -0.05) is 0 Å². The van der Waals surface area contributed by atoms with Crippen LogP contribution in [0.4, 0.5) is 15.8 Å². The van der Waals surface area contributed by atoms with Crippen LogP contribution in [0.2, 0.25) is 0 Å². The van der Waals surface area contributed by atoms with Crippen molar-refractivity contribution in [3.63, 3.8) is 0 Å². The average Bonchev–Trinajstić information content (AvgIpc) is 2.90. The van der Waals surface area contributed by atoms with Gasteiger partial charge in [0, 0.05) is 10.2 Å². The number of anilines is 2. The largest absolute Gasteiger partial charge is 0.396 e. The molecule has 0 atom stereocenters. The van der Waals surface area contributed by atoms with Crippen LogP contribution in [-0.2, 0) is 0 Å². The van der Waals surface area contributed by atoms with Gasteiger partial charge in [0.2, 0.25) is 0 Å². The summed E-state index contributed by atoms with van der Waals surface area (Å²) in [5.41, 5.74) is 8.98. The first-order valence-electron chi connectivity index (χ1n) is 5.94. The van der Waals surface area contributed by atoms with Crippen LogP contribution in [0.3, 0.4) is 0 Å². The molecule has 0 aliphatic heterocycles. The molecule has 1 heterocycles. The predicted molar refractivity (Wildman–Crippen MR) is 86.1 cm³/mol. The third-order valence-corrected chi connectivity index (χ3v) is 4.37. The van der Waals surface area contributed by atoms with E-state index in [9.17, 15) is 9.18 Å². The Hall–Kier alpha value is -1.99. The third kappa shape index (κ3) is 2.74. The molecule has 0 radical (unpaired) electrons. The number of carbonyl (C=O) groups is 1. The number of nitrogen functional groups attached to an aromatic ring is 1. The van der Waals surface area contributed by atoms with E-state index in [0.29, 0.717) is 10.2 Å². The number of aromatic nitrogens is 1. The molecule has 0 bridgehead atoms. The molecular formula is C14H9BrFN3OS. The molecule has 3 aromatic rings. The molecule has 2 aromatic carbocycles.